The molecule has 1 aromatic heterocycles. The van der Waals surface area contributed by atoms with Crippen LogP contribution in [0.15, 0.2) is 18.5 Å². The second-order valence-corrected chi connectivity index (χ2v) is 5.27. The average Bonchev–Trinajstić information content (AvgIpc) is 2.50. The molecule has 116 valence electrons. The molecule has 1 unspecified atom stereocenters. The average molecular weight is 314 g/mol. The van der Waals surface area contributed by atoms with Crippen LogP contribution in [-0.4, -0.2) is 55.4 Å². The maximum absolute atomic E-state index is 12.0. The van der Waals surface area contributed by atoms with Crippen molar-refractivity contribution in [2.45, 2.75) is 18.9 Å². The molecule has 2 amide bonds. The lowest BCUT2D eigenvalue weighted by Gasteiger charge is -2.33. The van der Waals surface area contributed by atoms with Crippen LogP contribution in [0.2, 0.25) is 5.02 Å². The van der Waals surface area contributed by atoms with Crippen molar-refractivity contribution >= 4 is 17.6 Å². The van der Waals surface area contributed by atoms with E-state index in [2.05, 4.69) is 10.3 Å². The van der Waals surface area contributed by atoms with Crippen molar-refractivity contribution in [3.05, 3.63) is 23.5 Å². The van der Waals surface area contributed by atoms with Crippen molar-refractivity contribution < 1.29 is 14.3 Å². The number of nitrogens with one attached hydrogen (secondary N) is 1. The second kappa shape index (κ2) is 8.05. The minimum atomic E-state index is -0.0822. The van der Waals surface area contributed by atoms with Crippen LogP contribution < -0.4 is 10.1 Å². The molecule has 1 fully saturated rings. The summed E-state index contributed by atoms with van der Waals surface area (Å²) in [6.45, 7) is 2.31. The number of carbonyl (C=O) groups is 1. The highest BCUT2D eigenvalue weighted by molar-refractivity contribution is 6.31. The van der Waals surface area contributed by atoms with Gasteiger partial charge in [-0.05, 0) is 12.8 Å². The molecule has 0 radical (unpaired) electrons. The first-order chi connectivity index (χ1) is 10.2. The minimum Gasteiger partial charge on any atom is -0.487 e. The van der Waals surface area contributed by atoms with Crippen LogP contribution in [-0.2, 0) is 4.74 Å². The van der Waals surface area contributed by atoms with Gasteiger partial charge in [0.2, 0.25) is 0 Å². The molecule has 0 aliphatic carbocycles. The highest BCUT2D eigenvalue weighted by Crippen LogP contribution is 2.25. The number of piperidine rings is 1. The van der Waals surface area contributed by atoms with Gasteiger partial charge < -0.3 is 19.7 Å². The Morgan fingerprint density at radius 2 is 2.48 bits per heavy atom. The monoisotopic (exact) mass is 313 g/mol. The number of amides is 2. The van der Waals surface area contributed by atoms with Crippen molar-refractivity contribution in [2.24, 2.45) is 0 Å². The van der Waals surface area contributed by atoms with E-state index in [-0.39, 0.29) is 12.1 Å². The van der Waals surface area contributed by atoms with Gasteiger partial charge in [-0.1, -0.05) is 11.6 Å². The van der Waals surface area contributed by atoms with Gasteiger partial charge in [0.25, 0.3) is 0 Å². The molecule has 2 heterocycles. The van der Waals surface area contributed by atoms with E-state index in [4.69, 9.17) is 21.1 Å². The first kappa shape index (κ1) is 15.9. The van der Waals surface area contributed by atoms with Crippen molar-refractivity contribution in [3.63, 3.8) is 0 Å². The summed E-state index contributed by atoms with van der Waals surface area (Å²) in [6.07, 6.45) is 4.95. The molecule has 0 saturated carbocycles. The van der Waals surface area contributed by atoms with Crippen molar-refractivity contribution in [1.82, 2.24) is 15.2 Å². The van der Waals surface area contributed by atoms with Gasteiger partial charge in [-0.2, -0.15) is 0 Å². The van der Waals surface area contributed by atoms with E-state index >= 15 is 0 Å². The summed E-state index contributed by atoms with van der Waals surface area (Å²) in [5.41, 5.74) is 0. The highest BCUT2D eigenvalue weighted by atomic mass is 35.5. The molecular weight excluding hydrogens is 294 g/mol. The quantitative estimate of drug-likeness (QED) is 0.844. The summed E-state index contributed by atoms with van der Waals surface area (Å²) in [4.78, 5) is 17.7. The van der Waals surface area contributed by atoms with E-state index in [1.807, 2.05) is 0 Å². The van der Waals surface area contributed by atoms with Gasteiger partial charge in [0.1, 0.15) is 16.9 Å². The number of rotatable bonds is 5. The summed E-state index contributed by atoms with van der Waals surface area (Å²) in [7, 11) is 1.61. The molecule has 2 rings (SSSR count). The van der Waals surface area contributed by atoms with Crippen LogP contribution in [0, 0.1) is 0 Å². The van der Waals surface area contributed by atoms with E-state index in [9.17, 15) is 4.79 Å². The molecule has 6 nitrogen and oxygen atoms in total. The SMILES string of the molecule is COCCNC(=O)N1CCCC(Oc2ccncc2Cl)C1. The van der Waals surface area contributed by atoms with Gasteiger partial charge in [-0.3, -0.25) is 4.98 Å². The number of methoxy groups -OCH3 is 1. The summed E-state index contributed by atoms with van der Waals surface area (Å²) >= 11 is 6.03. The molecule has 1 atom stereocenters. The molecule has 1 N–H and O–H groups in total. The third-order valence-electron chi connectivity index (χ3n) is 3.28. The number of hydrogen-bond acceptors (Lipinski definition) is 4. The lowest BCUT2D eigenvalue weighted by atomic mass is 10.1. The Hall–Kier alpha value is -1.53. The van der Waals surface area contributed by atoms with Crippen molar-refractivity contribution in [3.8, 4) is 5.75 Å². The van der Waals surface area contributed by atoms with E-state index < -0.39 is 0 Å². The van der Waals surface area contributed by atoms with E-state index in [0.29, 0.717) is 30.5 Å². The number of ether oxygens (including phenoxy) is 2. The number of pyridine rings is 1. The number of urea groups is 1. The number of halogens is 1. The van der Waals surface area contributed by atoms with E-state index in [1.165, 1.54) is 0 Å². The van der Waals surface area contributed by atoms with Crippen LogP contribution in [0.5, 0.6) is 5.75 Å². The Balaban J connectivity index is 1.86. The summed E-state index contributed by atoms with van der Waals surface area (Å²) in [5, 5.41) is 3.30. The van der Waals surface area contributed by atoms with Gasteiger partial charge in [-0.25, -0.2) is 4.79 Å². The number of carbonyl (C=O) groups excluding carboxylic acids is 1. The normalized spacial score (nSPS) is 18.4. The number of aromatic nitrogens is 1. The van der Waals surface area contributed by atoms with Gasteiger partial charge in [0.15, 0.2) is 0 Å². The standard InChI is InChI=1S/C14H20ClN3O3/c1-20-8-6-17-14(19)18-7-2-3-11(10-18)21-13-4-5-16-9-12(13)15/h4-5,9,11H,2-3,6-8,10H2,1H3,(H,17,19). The maximum Gasteiger partial charge on any atom is 0.317 e. The highest BCUT2D eigenvalue weighted by Gasteiger charge is 2.25. The summed E-state index contributed by atoms with van der Waals surface area (Å²) < 4.78 is 10.8. The molecular formula is C14H20ClN3O3. The summed E-state index contributed by atoms with van der Waals surface area (Å²) in [6, 6.07) is 1.65. The van der Waals surface area contributed by atoms with Gasteiger partial charge in [-0.15, -0.1) is 0 Å². The molecule has 7 heteroatoms. The van der Waals surface area contributed by atoms with Crippen LogP contribution in [0.25, 0.3) is 0 Å². The third kappa shape index (κ3) is 4.75. The predicted octanol–water partition coefficient (Wildman–Crippen LogP) is 1.93. The topological polar surface area (TPSA) is 63.7 Å². The van der Waals surface area contributed by atoms with Crippen molar-refractivity contribution in [2.75, 3.05) is 33.4 Å². The van der Waals surface area contributed by atoms with E-state index in [0.717, 1.165) is 19.4 Å². The Kier molecular flexibility index (Phi) is 6.07. The first-order valence-corrected chi connectivity index (χ1v) is 7.36. The molecule has 0 spiro atoms. The molecule has 0 bridgehead atoms. The fraction of sp³-hybridized carbons (Fsp3) is 0.571. The maximum atomic E-state index is 12.0. The molecule has 0 aromatic carbocycles. The predicted molar refractivity (Wildman–Crippen MR) is 79.7 cm³/mol. The fourth-order valence-corrected chi connectivity index (χ4v) is 2.39. The molecule has 1 saturated heterocycles. The van der Waals surface area contributed by atoms with Crippen molar-refractivity contribution in [1.29, 1.82) is 0 Å². The Labute approximate surface area is 129 Å². The summed E-state index contributed by atoms with van der Waals surface area (Å²) in [5.74, 6) is 0.610. The lowest BCUT2D eigenvalue weighted by molar-refractivity contribution is 0.100. The van der Waals surface area contributed by atoms with E-state index in [1.54, 1.807) is 30.5 Å². The van der Waals surface area contributed by atoms with Crippen LogP contribution >= 0.6 is 11.6 Å². The molecule has 1 aromatic rings. The van der Waals surface area contributed by atoms with Gasteiger partial charge in [0, 0.05) is 38.7 Å². The Morgan fingerprint density at radius 3 is 3.24 bits per heavy atom. The Bertz CT molecular complexity index is 473. The number of nitrogens with zero attached hydrogens (tertiary/aromatic N) is 2. The zero-order valence-electron chi connectivity index (χ0n) is 12.0. The third-order valence-corrected chi connectivity index (χ3v) is 3.56. The number of likely N-dealkylation sites (tertiary alicyclic amines) is 1. The first-order valence-electron chi connectivity index (χ1n) is 6.98. The van der Waals surface area contributed by atoms with Crippen LogP contribution in [0.1, 0.15) is 12.8 Å². The van der Waals surface area contributed by atoms with Gasteiger partial charge >= 0.3 is 6.03 Å². The zero-order chi connectivity index (χ0) is 15.1. The smallest absolute Gasteiger partial charge is 0.317 e. The van der Waals surface area contributed by atoms with Crippen LogP contribution in [0.3, 0.4) is 0 Å². The Morgan fingerprint density at radius 1 is 1.62 bits per heavy atom. The second-order valence-electron chi connectivity index (χ2n) is 4.86. The van der Waals surface area contributed by atoms with Gasteiger partial charge in [0.05, 0.1) is 13.2 Å². The lowest BCUT2D eigenvalue weighted by Crippen LogP contribution is -2.49. The zero-order valence-corrected chi connectivity index (χ0v) is 12.8. The number of hydrogen-bond donors (Lipinski definition) is 1. The molecule has 1 aliphatic heterocycles. The minimum absolute atomic E-state index is 0.0492. The molecule has 21 heavy (non-hydrogen) atoms. The largest absolute Gasteiger partial charge is 0.487 e. The molecule has 1 aliphatic rings. The fourth-order valence-electron chi connectivity index (χ4n) is 2.23. The van der Waals surface area contributed by atoms with Crippen LogP contribution in [0.4, 0.5) is 4.79 Å².